The lowest BCUT2D eigenvalue weighted by Gasteiger charge is -2.20. The molecule has 166 valence electrons. The van der Waals surface area contributed by atoms with Crippen LogP contribution in [-0.2, 0) is 11.3 Å². The highest BCUT2D eigenvalue weighted by Gasteiger charge is 2.35. The number of hydrogen-bond acceptors (Lipinski definition) is 3. The summed E-state index contributed by atoms with van der Waals surface area (Å²) in [5, 5.41) is 2.88. The van der Waals surface area contributed by atoms with E-state index in [0.717, 1.165) is 27.9 Å². The standard InChI is InChI=1S/C25H19ClFN3OS2/c1-15-10-11-16(2)29(15)30-24(31)23(33-25(30)32)12-17-13-28(22-9-4-3-6-18(17)22)14-19-20(26)7-5-8-21(19)27/h3-13H,14H2,1-2H3/b23-12+. The van der Waals surface area contributed by atoms with Crippen molar-refractivity contribution < 1.29 is 9.18 Å². The zero-order valence-corrected chi connectivity index (χ0v) is 20.3. The molecule has 33 heavy (non-hydrogen) atoms. The molecule has 0 atom stereocenters. The molecule has 4 nitrogen and oxygen atoms in total. The van der Waals surface area contributed by atoms with Gasteiger partial charge in [0, 0.05) is 44.6 Å². The van der Waals surface area contributed by atoms with Gasteiger partial charge in [-0.25, -0.2) is 4.39 Å². The van der Waals surface area contributed by atoms with Crippen molar-refractivity contribution in [3.05, 3.63) is 99.1 Å². The van der Waals surface area contributed by atoms with Gasteiger partial charge in [0.25, 0.3) is 5.91 Å². The molecule has 1 saturated heterocycles. The molecule has 1 aliphatic rings. The van der Waals surface area contributed by atoms with E-state index in [2.05, 4.69) is 0 Å². The fourth-order valence-corrected chi connectivity index (χ4v) is 5.58. The zero-order chi connectivity index (χ0) is 23.3. The predicted octanol–water partition coefficient (Wildman–Crippen LogP) is 6.44. The van der Waals surface area contributed by atoms with Crippen molar-refractivity contribution in [2.75, 3.05) is 5.01 Å². The molecule has 8 heteroatoms. The number of amides is 1. The molecule has 0 spiro atoms. The highest BCUT2D eigenvalue weighted by atomic mass is 35.5. The Kier molecular flexibility index (Phi) is 5.64. The number of hydrogen-bond donors (Lipinski definition) is 0. The van der Waals surface area contributed by atoms with Crippen LogP contribution in [0.2, 0.25) is 5.02 Å². The maximum atomic E-state index is 14.4. The van der Waals surface area contributed by atoms with Gasteiger partial charge in [0.2, 0.25) is 0 Å². The number of aryl methyl sites for hydroxylation is 2. The quantitative estimate of drug-likeness (QED) is 0.241. The van der Waals surface area contributed by atoms with Crippen LogP contribution in [0.1, 0.15) is 22.5 Å². The summed E-state index contributed by atoms with van der Waals surface area (Å²) in [6.45, 7) is 4.16. The molecule has 1 amide bonds. The molecule has 2 aromatic carbocycles. The van der Waals surface area contributed by atoms with Crippen LogP contribution in [0, 0.1) is 19.7 Å². The molecule has 0 aliphatic carbocycles. The first kappa shape index (κ1) is 21.9. The molecule has 4 aromatic rings. The molecule has 0 saturated carbocycles. The number of halogens is 2. The van der Waals surface area contributed by atoms with Crippen LogP contribution in [0.3, 0.4) is 0 Å². The van der Waals surface area contributed by atoms with Crippen LogP contribution in [0.4, 0.5) is 4.39 Å². The largest absolute Gasteiger partial charge is 0.342 e. The molecule has 0 N–H and O–H groups in total. The fraction of sp³-hybridized carbons (Fsp3) is 0.120. The summed E-state index contributed by atoms with van der Waals surface area (Å²) >= 11 is 13.1. The molecule has 1 fully saturated rings. The molecular weight excluding hydrogens is 477 g/mol. The number of carbonyl (C=O) groups is 1. The normalized spacial score (nSPS) is 15.4. The van der Waals surface area contributed by atoms with E-state index in [4.69, 9.17) is 23.8 Å². The first-order valence-electron chi connectivity index (χ1n) is 10.3. The van der Waals surface area contributed by atoms with Gasteiger partial charge in [-0.3, -0.25) is 9.47 Å². The minimum atomic E-state index is -0.347. The summed E-state index contributed by atoms with van der Waals surface area (Å²) in [7, 11) is 0. The maximum absolute atomic E-state index is 14.4. The number of thioether (sulfide) groups is 1. The number of fused-ring (bicyclic) bond motifs is 1. The summed E-state index contributed by atoms with van der Waals surface area (Å²) in [6.07, 6.45) is 3.78. The van der Waals surface area contributed by atoms with E-state index in [1.54, 1.807) is 12.1 Å². The van der Waals surface area contributed by atoms with Crippen molar-refractivity contribution in [3.63, 3.8) is 0 Å². The number of carbonyl (C=O) groups excluding carboxylic acids is 1. The highest BCUT2D eigenvalue weighted by Crippen LogP contribution is 2.35. The Hall–Kier alpha value is -2.87. The van der Waals surface area contributed by atoms with E-state index in [1.165, 1.54) is 22.8 Å². The first-order chi connectivity index (χ1) is 15.8. The average Bonchev–Trinajstić information content (AvgIpc) is 3.39. The number of thiocarbonyl (C=S) groups is 1. The number of nitrogens with zero attached hydrogens (tertiary/aromatic N) is 3. The van der Waals surface area contributed by atoms with E-state index in [0.29, 0.717) is 19.8 Å². The summed E-state index contributed by atoms with van der Waals surface area (Å²) in [5.41, 5.74) is 4.08. The van der Waals surface area contributed by atoms with Crippen LogP contribution < -0.4 is 5.01 Å². The van der Waals surface area contributed by atoms with Crippen LogP contribution >= 0.6 is 35.6 Å². The second kappa shape index (κ2) is 8.48. The number of benzene rings is 2. The Morgan fingerprint density at radius 3 is 2.52 bits per heavy atom. The molecule has 0 bridgehead atoms. The molecule has 0 radical (unpaired) electrons. The first-order valence-corrected chi connectivity index (χ1v) is 11.9. The van der Waals surface area contributed by atoms with Crippen LogP contribution in [-0.4, -0.2) is 19.5 Å². The Balaban J connectivity index is 1.56. The number of aromatic nitrogens is 2. The summed E-state index contributed by atoms with van der Waals surface area (Å²) in [5.74, 6) is -0.512. The van der Waals surface area contributed by atoms with Gasteiger partial charge in [0.05, 0.1) is 11.4 Å². The number of rotatable bonds is 4. The van der Waals surface area contributed by atoms with Crippen molar-refractivity contribution in [2.45, 2.75) is 20.4 Å². The summed E-state index contributed by atoms with van der Waals surface area (Å²) in [6, 6.07) is 16.4. The average molecular weight is 496 g/mol. The van der Waals surface area contributed by atoms with E-state index >= 15 is 0 Å². The van der Waals surface area contributed by atoms with Crippen molar-refractivity contribution in [1.29, 1.82) is 0 Å². The molecular formula is C25H19ClFN3OS2. The predicted molar refractivity (Wildman–Crippen MR) is 138 cm³/mol. The zero-order valence-electron chi connectivity index (χ0n) is 17.9. The third-order valence-electron chi connectivity index (χ3n) is 5.70. The van der Waals surface area contributed by atoms with E-state index in [-0.39, 0.29) is 18.3 Å². The lowest BCUT2D eigenvalue weighted by molar-refractivity contribution is -0.114. The Morgan fingerprint density at radius 1 is 1.06 bits per heavy atom. The van der Waals surface area contributed by atoms with Gasteiger partial charge in [0.1, 0.15) is 5.82 Å². The maximum Gasteiger partial charge on any atom is 0.285 e. The van der Waals surface area contributed by atoms with E-state index < -0.39 is 0 Å². The molecule has 2 aromatic heterocycles. The molecule has 5 rings (SSSR count). The second-order valence-electron chi connectivity index (χ2n) is 7.85. The van der Waals surface area contributed by atoms with Crippen molar-refractivity contribution in [2.24, 2.45) is 0 Å². The van der Waals surface area contributed by atoms with Crippen LogP contribution in [0.15, 0.2) is 65.7 Å². The molecule has 0 unspecified atom stereocenters. The fourth-order valence-electron chi connectivity index (χ4n) is 4.12. The molecule has 1 aliphatic heterocycles. The van der Waals surface area contributed by atoms with Crippen LogP contribution in [0.5, 0.6) is 0 Å². The van der Waals surface area contributed by atoms with Gasteiger partial charge in [-0.15, -0.1) is 0 Å². The van der Waals surface area contributed by atoms with Crippen molar-refractivity contribution in [1.82, 2.24) is 9.24 Å². The van der Waals surface area contributed by atoms with E-state index in [9.17, 15) is 9.18 Å². The summed E-state index contributed by atoms with van der Waals surface area (Å²) < 4.78 is 18.7. The third kappa shape index (κ3) is 3.80. The van der Waals surface area contributed by atoms with Gasteiger partial charge in [0.15, 0.2) is 4.32 Å². The highest BCUT2D eigenvalue weighted by molar-refractivity contribution is 8.27. The van der Waals surface area contributed by atoms with Crippen molar-refractivity contribution in [3.8, 4) is 0 Å². The second-order valence-corrected chi connectivity index (χ2v) is 9.93. The van der Waals surface area contributed by atoms with Crippen LogP contribution in [0.25, 0.3) is 17.0 Å². The Morgan fingerprint density at radius 2 is 1.79 bits per heavy atom. The summed E-state index contributed by atoms with van der Waals surface area (Å²) in [4.78, 5) is 13.8. The lowest BCUT2D eigenvalue weighted by Crippen LogP contribution is -2.39. The van der Waals surface area contributed by atoms with Gasteiger partial charge < -0.3 is 4.57 Å². The van der Waals surface area contributed by atoms with Gasteiger partial charge >= 0.3 is 0 Å². The Labute approximate surface area is 205 Å². The molecule has 3 heterocycles. The van der Waals surface area contributed by atoms with Gasteiger partial charge in [-0.2, -0.15) is 5.01 Å². The topological polar surface area (TPSA) is 30.2 Å². The monoisotopic (exact) mass is 495 g/mol. The SMILES string of the molecule is Cc1ccc(C)n1N1C(=O)/C(=C\c2cn(Cc3c(F)cccc3Cl)c3ccccc23)SC1=S. The van der Waals surface area contributed by atoms with Gasteiger partial charge in [-0.05, 0) is 62.5 Å². The Bertz CT molecular complexity index is 1430. The van der Waals surface area contributed by atoms with E-state index in [1.807, 2.05) is 71.8 Å². The minimum Gasteiger partial charge on any atom is -0.342 e. The lowest BCUT2D eigenvalue weighted by atomic mass is 10.1. The number of para-hydroxylation sites is 1. The van der Waals surface area contributed by atoms with Gasteiger partial charge in [-0.1, -0.05) is 47.6 Å². The smallest absolute Gasteiger partial charge is 0.285 e. The third-order valence-corrected chi connectivity index (χ3v) is 7.34. The van der Waals surface area contributed by atoms with Crippen molar-refractivity contribution >= 4 is 62.8 Å². The minimum absolute atomic E-state index is 0.165.